The number of carboxylic acids is 1. The highest BCUT2D eigenvalue weighted by atomic mass is 16.4. The van der Waals surface area contributed by atoms with Gasteiger partial charge in [0.2, 0.25) is 0 Å². The molecule has 19 heavy (non-hydrogen) atoms. The summed E-state index contributed by atoms with van der Waals surface area (Å²) in [5, 5.41) is 11.0. The normalized spacial score (nSPS) is 23.9. The highest BCUT2D eigenvalue weighted by Gasteiger charge is 2.30. The fourth-order valence-corrected chi connectivity index (χ4v) is 1.90. The molecule has 2 unspecified atom stereocenters. The number of aliphatic carboxylic acids is 1. The van der Waals surface area contributed by atoms with Crippen LogP contribution in [0.4, 0.5) is 4.79 Å². The number of nitrogens with one attached hydrogen (secondary N) is 1. The van der Waals surface area contributed by atoms with Gasteiger partial charge in [-0.05, 0) is 25.7 Å². The first-order chi connectivity index (χ1) is 8.73. The maximum atomic E-state index is 11.9. The highest BCUT2D eigenvalue weighted by Crippen LogP contribution is 2.21. The van der Waals surface area contributed by atoms with E-state index in [0.717, 1.165) is 0 Å². The van der Waals surface area contributed by atoms with Crippen LogP contribution < -0.4 is 5.32 Å². The molecule has 0 aromatic heterocycles. The lowest BCUT2D eigenvalue weighted by Gasteiger charge is -2.16. The second-order valence-corrected chi connectivity index (χ2v) is 5.17. The molecule has 6 nitrogen and oxygen atoms in total. The third kappa shape index (κ3) is 3.56. The molecule has 0 saturated carbocycles. The lowest BCUT2D eigenvalue weighted by atomic mass is 10.0. The van der Waals surface area contributed by atoms with Crippen molar-refractivity contribution >= 4 is 17.9 Å². The zero-order valence-electron chi connectivity index (χ0n) is 11.7. The summed E-state index contributed by atoms with van der Waals surface area (Å²) in [7, 11) is 0. The van der Waals surface area contributed by atoms with E-state index in [-0.39, 0.29) is 11.1 Å². The van der Waals surface area contributed by atoms with E-state index >= 15 is 0 Å². The van der Waals surface area contributed by atoms with E-state index in [9.17, 15) is 14.4 Å². The van der Waals surface area contributed by atoms with Crippen molar-refractivity contribution in [3.05, 3.63) is 11.1 Å². The van der Waals surface area contributed by atoms with Gasteiger partial charge in [-0.25, -0.2) is 9.59 Å². The number of rotatable bonds is 2. The zero-order valence-corrected chi connectivity index (χ0v) is 11.7. The van der Waals surface area contributed by atoms with Gasteiger partial charge in [-0.3, -0.25) is 10.1 Å². The predicted octanol–water partition coefficient (Wildman–Crippen LogP) is 1.23. The monoisotopic (exact) mass is 268 g/mol. The standard InChI is InChI=1S/C13H20N2O4/c1-7-5-15(6-8(7)2)13(19)14-11(16)9(3)10(4)12(17)18/h7-8H,5-6H2,1-4H3,(H,17,18)(H,14,16,19). The second-order valence-electron chi connectivity index (χ2n) is 5.17. The lowest BCUT2D eigenvalue weighted by Crippen LogP contribution is -2.42. The molecule has 0 aliphatic carbocycles. The van der Waals surface area contributed by atoms with Crippen LogP contribution in [-0.2, 0) is 9.59 Å². The Labute approximate surface area is 112 Å². The van der Waals surface area contributed by atoms with E-state index in [1.807, 2.05) is 0 Å². The SMILES string of the molecule is CC(C(=O)O)=C(C)C(=O)NC(=O)N1CC(C)C(C)C1. The zero-order chi connectivity index (χ0) is 14.7. The molecule has 0 radical (unpaired) electrons. The second kappa shape index (κ2) is 5.86. The molecule has 1 aliphatic rings. The Balaban J connectivity index is 2.66. The van der Waals surface area contributed by atoms with Crippen molar-refractivity contribution in [2.45, 2.75) is 27.7 Å². The quantitative estimate of drug-likeness (QED) is 0.737. The average molecular weight is 268 g/mol. The van der Waals surface area contributed by atoms with Crippen LogP contribution >= 0.6 is 0 Å². The van der Waals surface area contributed by atoms with Gasteiger partial charge < -0.3 is 10.0 Å². The summed E-state index contributed by atoms with van der Waals surface area (Å²) in [6.45, 7) is 8.06. The van der Waals surface area contributed by atoms with Crippen molar-refractivity contribution < 1.29 is 19.5 Å². The first kappa shape index (κ1) is 15.2. The van der Waals surface area contributed by atoms with Crippen LogP contribution in [0, 0.1) is 11.8 Å². The summed E-state index contributed by atoms with van der Waals surface area (Å²) in [6, 6.07) is -0.460. The summed E-state index contributed by atoms with van der Waals surface area (Å²) < 4.78 is 0. The number of imide groups is 1. The Morgan fingerprint density at radius 1 is 1.05 bits per heavy atom. The smallest absolute Gasteiger partial charge is 0.331 e. The average Bonchev–Trinajstić information content (AvgIpc) is 2.67. The van der Waals surface area contributed by atoms with Crippen LogP contribution in [0.2, 0.25) is 0 Å². The van der Waals surface area contributed by atoms with Crippen LogP contribution in [0.25, 0.3) is 0 Å². The topological polar surface area (TPSA) is 86.7 Å². The van der Waals surface area contributed by atoms with Gasteiger partial charge in [0.15, 0.2) is 0 Å². The van der Waals surface area contributed by atoms with E-state index in [4.69, 9.17) is 5.11 Å². The summed E-state index contributed by atoms with van der Waals surface area (Å²) in [4.78, 5) is 35.9. The van der Waals surface area contributed by atoms with E-state index < -0.39 is 17.9 Å². The van der Waals surface area contributed by atoms with Gasteiger partial charge in [0, 0.05) is 24.2 Å². The number of hydrogen-bond donors (Lipinski definition) is 2. The molecule has 0 aromatic carbocycles. The van der Waals surface area contributed by atoms with Crippen LogP contribution in [0.3, 0.4) is 0 Å². The van der Waals surface area contributed by atoms with Gasteiger partial charge in [-0.15, -0.1) is 0 Å². The maximum absolute atomic E-state index is 11.9. The molecule has 1 heterocycles. The fourth-order valence-electron chi connectivity index (χ4n) is 1.90. The van der Waals surface area contributed by atoms with Gasteiger partial charge in [0.05, 0.1) is 0 Å². The predicted molar refractivity (Wildman–Crippen MR) is 69.4 cm³/mol. The molecule has 0 bridgehead atoms. The van der Waals surface area contributed by atoms with Crippen LogP contribution in [0.5, 0.6) is 0 Å². The minimum Gasteiger partial charge on any atom is -0.478 e. The van der Waals surface area contributed by atoms with Gasteiger partial charge >= 0.3 is 12.0 Å². The van der Waals surface area contributed by atoms with Gasteiger partial charge in [-0.2, -0.15) is 0 Å². The Hall–Kier alpha value is -1.85. The van der Waals surface area contributed by atoms with Crippen molar-refractivity contribution in [1.29, 1.82) is 0 Å². The van der Waals surface area contributed by atoms with Gasteiger partial charge in [0.25, 0.3) is 5.91 Å². The number of nitrogens with zero attached hydrogens (tertiary/aromatic N) is 1. The summed E-state index contributed by atoms with van der Waals surface area (Å²) in [5.74, 6) is -1.02. The number of carbonyl (C=O) groups is 3. The van der Waals surface area contributed by atoms with E-state index in [1.165, 1.54) is 13.8 Å². The molecular formula is C13H20N2O4. The van der Waals surface area contributed by atoms with Crippen molar-refractivity contribution in [2.24, 2.45) is 11.8 Å². The molecule has 1 aliphatic heterocycles. The third-order valence-corrected chi connectivity index (χ3v) is 3.72. The number of urea groups is 1. The molecule has 106 valence electrons. The number of likely N-dealkylation sites (tertiary alicyclic amines) is 1. The first-order valence-corrected chi connectivity index (χ1v) is 6.25. The van der Waals surface area contributed by atoms with Crippen molar-refractivity contribution in [3.63, 3.8) is 0 Å². The Morgan fingerprint density at radius 2 is 1.53 bits per heavy atom. The Morgan fingerprint density at radius 3 is 1.95 bits per heavy atom. The van der Waals surface area contributed by atoms with E-state index in [1.54, 1.807) is 4.90 Å². The molecule has 6 heteroatoms. The largest absolute Gasteiger partial charge is 0.478 e. The molecule has 0 spiro atoms. The molecule has 1 fully saturated rings. The first-order valence-electron chi connectivity index (χ1n) is 6.25. The van der Waals surface area contributed by atoms with Crippen molar-refractivity contribution in [1.82, 2.24) is 10.2 Å². The molecule has 2 atom stereocenters. The Bertz CT molecular complexity index is 432. The minimum absolute atomic E-state index is 0.0427. The van der Waals surface area contributed by atoms with Gasteiger partial charge in [-0.1, -0.05) is 13.8 Å². The minimum atomic E-state index is -1.16. The molecule has 2 N–H and O–H groups in total. The molecular weight excluding hydrogens is 248 g/mol. The maximum Gasteiger partial charge on any atom is 0.331 e. The summed E-state index contributed by atoms with van der Waals surface area (Å²) in [5.41, 5.74) is -0.0189. The third-order valence-electron chi connectivity index (χ3n) is 3.72. The lowest BCUT2D eigenvalue weighted by molar-refractivity contribution is -0.133. The number of amides is 3. The van der Waals surface area contributed by atoms with Crippen molar-refractivity contribution in [2.75, 3.05) is 13.1 Å². The van der Waals surface area contributed by atoms with Crippen LogP contribution in [0.15, 0.2) is 11.1 Å². The van der Waals surface area contributed by atoms with E-state index in [0.29, 0.717) is 24.9 Å². The molecule has 0 aromatic rings. The molecule has 1 saturated heterocycles. The summed E-state index contributed by atoms with van der Waals surface area (Å²) in [6.07, 6.45) is 0. The summed E-state index contributed by atoms with van der Waals surface area (Å²) >= 11 is 0. The number of carboxylic acid groups (broad SMARTS) is 1. The number of carbonyl (C=O) groups excluding carboxylic acids is 2. The molecule has 3 amide bonds. The van der Waals surface area contributed by atoms with Gasteiger partial charge in [0.1, 0.15) is 0 Å². The molecule has 1 rings (SSSR count). The highest BCUT2D eigenvalue weighted by molar-refractivity contribution is 6.07. The number of hydrogen-bond acceptors (Lipinski definition) is 3. The van der Waals surface area contributed by atoms with E-state index in [2.05, 4.69) is 19.2 Å². The Kier molecular flexibility index (Phi) is 4.69. The van der Waals surface area contributed by atoms with Crippen molar-refractivity contribution in [3.8, 4) is 0 Å². The van der Waals surface area contributed by atoms with Crippen LogP contribution in [0.1, 0.15) is 27.7 Å². The fraction of sp³-hybridized carbons (Fsp3) is 0.615. The van der Waals surface area contributed by atoms with Crippen LogP contribution in [-0.4, -0.2) is 41.0 Å².